The van der Waals surface area contributed by atoms with Gasteiger partial charge in [0.15, 0.2) is 0 Å². The van der Waals surface area contributed by atoms with Gasteiger partial charge in [-0.2, -0.15) is 0 Å². The minimum atomic E-state index is 0. The second kappa shape index (κ2) is 26.6. The number of hydrogen-bond donors (Lipinski definition) is 0. The Morgan fingerprint density at radius 3 is 1.00 bits per heavy atom. The quantitative estimate of drug-likeness (QED) is 0.442. The van der Waals surface area contributed by atoms with E-state index in [0.717, 1.165) is 0 Å². The molecular weight excluding hydrogens is 170 g/mol. The van der Waals surface area contributed by atoms with Gasteiger partial charge in [-0.25, -0.2) is 0 Å². The molecule has 0 aromatic heterocycles. The fourth-order valence-corrected chi connectivity index (χ4v) is 0. The van der Waals surface area contributed by atoms with Crippen molar-refractivity contribution in [3.8, 4) is 0 Å². The smallest absolute Gasteiger partial charge is 0 e. The molecule has 0 bridgehead atoms. The van der Waals surface area contributed by atoms with E-state index in [1.54, 1.807) is 0 Å². The molecule has 0 amide bonds. The molecule has 7 radical (unpaired) electrons. The molecule has 1 nitrogen and oxygen atoms in total. The fraction of sp³-hybridized carbons (Fsp3) is 0. The molecule has 0 spiro atoms. The van der Waals surface area contributed by atoms with Crippen LogP contribution >= 0.6 is 0 Å². The van der Waals surface area contributed by atoms with Crippen LogP contribution in [-0.2, 0) is 42.8 Å². The first-order valence-corrected chi connectivity index (χ1v) is 0. The van der Waals surface area contributed by atoms with Crippen LogP contribution in [0.15, 0.2) is 0 Å². The average molecular weight is 170 g/mol. The number of rotatable bonds is 0. The molecule has 0 aliphatic rings. The summed E-state index contributed by atoms with van der Waals surface area (Å²) in [5.74, 6) is 0. The van der Waals surface area contributed by atoms with Crippen molar-refractivity contribution >= 4 is 0 Å². The Bertz CT molecular complexity index is 8.00. The van der Waals surface area contributed by atoms with Crippen LogP contribution in [-0.4, -0.2) is 0 Å². The van der Waals surface area contributed by atoms with E-state index in [-0.39, 0.29) is 56.4 Å². The Morgan fingerprint density at radius 1 is 1.00 bits per heavy atom. The summed E-state index contributed by atoms with van der Waals surface area (Å²) in [6.45, 7) is 0. The zero-order valence-electron chi connectivity index (χ0n) is 1.86. The summed E-state index contributed by atoms with van der Waals surface area (Å²) >= 11 is 0. The summed E-state index contributed by atoms with van der Waals surface area (Å²) in [4.78, 5) is 0. The van der Waals surface area contributed by atoms with Gasteiger partial charge in [0.2, 0.25) is 0 Å². The van der Waals surface area contributed by atoms with Crippen LogP contribution in [0.1, 0.15) is 0 Å². The first kappa shape index (κ1) is 55.0. The maximum absolute atomic E-state index is 0. The second-order valence-electron chi connectivity index (χ2n) is 0. The first-order chi connectivity index (χ1) is 0. The Labute approximate surface area is 56.3 Å². The van der Waals surface area contributed by atoms with Gasteiger partial charge in [-0.1, -0.05) is 0 Å². The van der Waals surface area contributed by atoms with Crippen LogP contribution in [0, 0.1) is 7.43 Å². The molecule has 0 rings (SSSR count). The van der Waals surface area contributed by atoms with E-state index in [2.05, 4.69) is 0 Å². The number of hydrogen-bond acceptors (Lipinski definition) is 0. The Hall–Kier alpha value is 1.36. The monoisotopic (exact) mass is 172 g/mol. The summed E-state index contributed by atoms with van der Waals surface area (Å²) in [5, 5.41) is 0. The molecule has 19 valence electrons. The first-order valence-electron chi connectivity index (χ1n) is 0. The third-order valence-electron chi connectivity index (χ3n) is 0. The van der Waals surface area contributed by atoms with E-state index >= 15 is 0 Å². The molecule has 0 aromatic carbocycles. The molecule has 0 aliphatic heterocycles. The van der Waals surface area contributed by atoms with E-state index in [1.807, 2.05) is 0 Å². The van der Waals surface area contributed by atoms with Crippen LogP contribution in [0.2, 0.25) is 0 Å². The van der Waals surface area contributed by atoms with E-state index in [4.69, 9.17) is 0 Å². The molecule has 0 aromatic rings. The third kappa shape index (κ3) is 10.1. The minimum absolute atomic E-state index is 0. The molecule has 3 heteroatoms. The van der Waals surface area contributed by atoms with Crippen LogP contribution < -0.4 is 6.15 Å². The molecule has 0 atom stereocenters. The molecule has 0 aliphatic carbocycles. The molecule has 0 unspecified atom stereocenters. The Balaban J connectivity index is 0. The number of nitrogens with zero attached hydrogens (tertiary/aromatic N) is 1. The average Bonchev–Trinajstić information content (AvgIpc) is 0. The van der Waals surface area contributed by atoms with Crippen molar-refractivity contribution in [2.75, 3.05) is 0 Å². The molecule has 0 heterocycles. The van der Waals surface area contributed by atoms with Crippen molar-refractivity contribution in [2.45, 2.75) is 0 Å². The van der Waals surface area contributed by atoms with Crippen molar-refractivity contribution in [3.63, 3.8) is 0 Å². The maximum Gasteiger partial charge on any atom is 0 e. The predicted octanol–water partition coefficient (Wildman–Crippen LogP) is -0.404. The van der Waals surface area contributed by atoms with Gasteiger partial charge in [-0.3, -0.25) is 0 Å². The van der Waals surface area contributed by atoms with Crippen LogP contribution in [0.4, 0.5) is 0 Å². The van der Waals surface area contributed by atoms with Crippen LogP contribution in [0.25, 0.3) is 0 Å². The molecule has 0 saturated carbocycles. The van der Waals surface area contributed by atoms with Gasteiger partial charge >= 0.3 is 0 Å². The molecule has 4 heavy (non-hydrogen) atoms. The Morgan fingerprint density at radius 2 is 1.00 bits per heavy atom. The Kier molecular flexibility index (Phi) is 365. The SMILES string of the molecule is [C].[Mo].[N].[Ti]. The van der Waals surface area contributed by atoms with Crippen molar-refractivity contribution < 1.29 is 42.8 Å². The third-order valence-corrected chi connectivity index (χ3v) is 0. The van der Waals surface area contributed by atoms with Crippen molar-refractivity contribution in [1.82, 2.24) is 6.15 Å². The minimum Gasteiger partial charge on any atom is 0 e. The zero-order valence-corrected chi connectivity index (χ0v) is 5.42. The summed E-state index contributed by atoms with van der Waals surface area (Å²) in [6.07, 6.45) is 0. The maximum atomic E-state index is 0. The summed E-state index contributed by atoms with van der Waals surface area (Å²) in [6, 6.07) is 0. The van der Waals surface area contributed by atoms with Crippen LogP contribution in [0.3, 0.4) is 0 Å². The van der Waals surface area contributed by atoms with Gasteiger partial charge < -0.3 is 0 Å². The summed E-state index contributed by atoms with van der Waals surface area (Å²) in [7, 11) is 0. The van der Waals surface area contributed by atoms with Gasteiger partial charge in [0.1, 0.15) is 0 Å². The summed E-state index contributed by atoms with van der Waals surface area (Å²) < 4.78 is 0. The van der Waals surface area contributed by atoms with Crippen LogP contribution in [0.5, 0.6) is 0 Å². The summed E-state index contributed by atoms with van der Waals surface area (Å²) in [5.41, 5.74) is 0. The second-order valence-corrected chi connectivity index (χ2v) is 0. The van der Waals surface area contributed by atoms with Crippen molar-refractivity contribution in [2.24, 2.45) is 0 Å². The zero-order chi connectivity index (χ0) is 0. The van der Waals surface area contributed by atoms with E-state index in [9.17, 15) is 0 Å². The van der Waals surface area contributed by atoms with Crippen molar-refractivity contribution in [3.05, 3.63) is 7.43 Å². The topological polar surface area (TPSA) is 30.5 Å². The van der Waals surface area contributed by atoms with Gasteiger partial charge in [-0.05, 0) is 0 Å². The molecular formula is CMoNTi. The van der Waals surface area contributed by atoms with Crippen molar-refractivity contribution in [1.29, 1.82) is 0 Å². The molecule has 0 N–H and O–H groups in total. The largest absolute Gasteiger partial charge is 0 e. The van der Waals surface area contributed by atoms with E-state index in [1.165, 1.54) is 0 Å². The van der Waals surface area contributed by atoms with Gasteiger partial charge in [-0.15, -0.1) is 0 Å². The van der Waals surface area contributed by atoms with E-state index in [0.29, 0.717) is 0 Å². The predicted molar refractivity (Wildman–Crippen MR) is 5.38 cm³/mol. The standard InChI is InChI=1S/C.Mo.N.Ti. The van der Waals surface area contributed by atoms with E-state index < -0.39 is 0 Å². The van der Waals surface area contributed by atoms with Gasteiger partial charge in [0.25, 0.3) is 0 Å². The normalized spacial score (nSPS) is 0. The van der Waals surface area contributed by atoms with Gasteiger partial charge in [0.05, 0.1) is 0 Å². The molecule has 0 saturated heterocycles. The fourth-order valence-electron chi connectivity index (χ4n) is 0. The van der Waals surface area contributed by atoms with Gasteiger partial charge in [0, 0.05) is 56.4 Å². The molecule has 0 fully saturated rings.